The minimum absolute atomic E-state index is 0.0390. The monoisotopic (exact) mass is 298 g/mol. The number of carboxylic acid groups (broad SMARTS) is 1. The summed E-state index contributed by atoms with van der Waals surface area (Å²) in [5.74, 6) is -0.670. The van der Waals surface area contributed by atoms with E-state index in [2.05, 4.69) is 0 Å². The summed E-state index contributed by atoms with van der Waals surface area (Å²) in [6.07, 6.45) is 2.72. The number of benzene rings is 1. The number of rotatable bonds is 8. The van der Waals surface area contributed by atoms with Gasteiger partial charge in [-0.25, -0.2) is 0 Å². The number of carbonyl (C=O) groups is 1. The Kier molecular flexibility index (Phi) is 6.14. The van der Waals surface area contributed by atoms with Gasteiger partial charge in [0.25, 0.3) is 0 Å². The van der Waals surface area contributed by atoms with Crippen molar-refractivity contribution >= 4 is 5.97 Å². The summed E-state index contributed by atoms with van der Waals surface area (Å²) in [6, 6.07) is 0. The van der Waals surface area contributed by atoms with Gasteiger partial charge in [0, 0.05) is 17.5 Å². The maximum atomic E-state index is 10.4. The first kappa shape index (κ1) is 16.9. The lowest BCUT2D eigenvalue weighted by molar-refractivity contribution is -0.137. The number of aromatic hydroxyl groups is 2. The van der Waals surface area contributed by atoms with Crippen LogP contribution in [0.25, 0.3) is 0 Å². The van der Waals surface area contributed by atoms with Crippen molar-refractivity contribution in [2.24, 2.45) is 0 Å². The molecule has 0 fully saturated rings. The Labute approximate surface area is 123 Å². The molecular weight excluding hydrogens is 276 g/mol. The van der Waals surface area contributed by atoms with Crippen LogP contribution in [0.1, 0.15) is 36.8 Å². The van der Waals surface area contributed by atoms with Crippen LogP contribution in [0.3, 0.4) is 0 Å². The number of ether oxygens (including phenoxy) is 2. The first-order valence-corrected chi connectivity index (χ1v) is 6.81. The molecule has 0 atom stereocenters. The van der Waals surface area contributed by atoms with Crippen molar-refractivity contribution in [3.05, 3.63) is 11.1 Å². The molecule has 0 amide bonds. The molecular formula is C15H22O6. The zero-order valence-electron chi connectivity index (χ0n) is 12.6. The van der Waals surface area contributed by atoms with Crippen molar-refractivity contribution < 1.29 is 29.6 Å². The Morgan fingerprint density at radius 1 is 1.00 bits per heavy atom. The zero-order valence-corrected chi connectivity index (χ0v) is 12.6. The molecule has 1 rings (SSSR count). The summed E-state index contributed by atoms with van der Waals surface area (Å²) in [5, 5.41) is 28.9. The average Bonchev–Trinajstić information content (AvgIpc) is 2.45. The Hall–Kier alpha value is -2.11. The predicted molar refractivity (Wildman–Crippen MR) is 77.4 cm³/mol. The zero-order chi connectivity index (χ0) is 16.0. The van der Waals surface area contributed by atoms with E-state index >= 15 is 0 Å². The summed E-state index contributed by atoms with van der Waals surface area (Å²) in [6.45, 7) is 1.70. The molecule has 0 unspecified atom stereocenters. The topological polar surface area (TPSA) is 96.2 Å². The van der Waals surface area contributed by atoms with E-state index < -0.39 is 5.97 Å². The van der Waals surface area contributed by atoms with Crippen molar-refractivity contribution in [1.29, 1.82) is 0 Å². The summed E-state index contributed by atoms with van der Waals surface area (Å²) in [5.41, 5.74) is 1.14. The smallest absolute Gasteiger partial charge is 0.303 e. The Morgan fingerprint density at radius 2 is 1.57 bits per heavy atom. The van der Waals surface area contributed by atoms with E-state index in [1.165, 1.54) is 14.2 Å². The van der Waals surface area contributed by atoms with E-state index in [1.807, 2.05) is 0 Å². The quantitative estimate of drug-likeness (QED) is 0.504. The Morgan fingerprint density at radius 3 is 2.10 bits per heavy atom. The molecule has 0 aliphatic rings. The van der Waals surface area contributed by atoms with Gasteiger partial charge >= 0.3 is 5.97 Å². The normalized spacial score (nSPS) is 10.4. The van der Waals surface area contributed by atoms with Crippen LogP contribution < -0.4 is 9.47 Å². The largest absolute Gasteiger partial charge is 0.504 e. The van der Waals surface area contributed by atoms with E-state index in [0.29, 0.717) is 24.0 Å². The lowest BCUT2D eigenvalue weighted by Crippen LogP contribution is -1.99. The fourth-order valence-corrected chi connectivity index (χ4v) is 2.28. The lowest BCUT2D eigenvalue weighted by Gasteiger charge is -2.17. The average molecular weight is 298 g/mol. The van der Waals surface area contributed by atoms with Crippen molar-refractivity contribution in [1.82, 2.24) is 0 Å². The molecule has 21 heavy (non-hydrogen) atoms. The van der Waals surface area contributed by atoms with Crippen LogP contribution in [0.15, 0.2) is 0 Å². The van der Waals surface area contributed by atoms with Gasteiger partial charge in [-0.15, -0.1) is 0 Å². The van der Waals surface area contributed by atoms with Crippen LogP contribution in [0.5, 0.6) is 23.0 Å². The molecule has 6 nitrogen and oxygen atoms in total. The van der Waals surface area contributed by atoms with Crippen LogP contribution >= 0.6 is 0 Å². The molecule has 0 saturated heterocycles. The van der Waals surface area contributed by atoms with Gasteiger partial charge in [-0.2, -0.15) is 0 Å². The van der Waals surface area contributed by atoms with Crippen LogP contribution in [0.4, 0.5) is 0 Å². The van der Waals surface area contributed by atoms with Gasteiger partial charge in [0.15, 0.2) is 11.5 Å². The van der Waals surface area contributed by atoms with Gasteiger partial charge in [0.05, 0.1) is 14.2 Å². The van der Waals surface area contributed by atoms with Gasteiger partial charge < -0.3 is 24.8 Å². The second-order valence-corrected chi connectivity index (χ2v) is 4.82. The van der Waals surface area contributed by atoms with E-state index in [9.17, 15) is 15.0 Å². The standard InChI is InChI=1S/C15H22O6/c1-9-10(7-5-4-6-8-11(16)17)13(19)15(21-3)14(20-2)12(9)18/h18-19H,4-8H2,1-3H3,(H,16,17). The molecule has 0 heterocycles. The minimum atomic E-state index is -0.808. The molecule has 0 radical (unpaired) electrons. The summed E-state index contributed by atoms with van der Waals surface area (Å²) in [7, 11) is 2.78. The van der Waals surface area contributed by atoms with Crippen LogP contribution in [-0.2, 0) is 11.2 Å². The van der Waals surface area contributed by atoms with E-state index in [0.717, 1.165) is 12.8 Å². The summed E-state index contributed by atoms with van der Waals surface area (Å²) < 4.78 is 10.1. The fraction of sp³-hybridized carbons (Fsp3) is 0.533. The first-order chi connectivity index (χ1) is 9.93. The Balaban J connectivity index is 2.87. The number of aliphatic carboxylic acids is 1. The van der Waals surface area contributed by atoms with Gasteiger partial charge in [-0.1, -0.05) is 6.42 Å². The van der Waals surface area contributed by atoms with Crippen LogP contribution in [-0.4, -0.2) is 35.5 Å². The highest BCUT2D eigenvalue weighted by Gasteiger charge is 2.22. The molecule has 0 aliphatic heterocycles. The van der Waals surface area contributed by atoms with E-state index in [1.54, 1.807) is 6.92 Å². The molecule has 0 spiro atoms. The maximum Gasteiger partial charge on any atom is 0.303 e. The number of phenols is 2. The van der Waals surface area contributed by atoms with Crippen LogP contribution in [0.2, 0.25) is 0 Å². The molecule has 118 valence electrons. The third-order valence-electron chi connectivity index (χ3n) is 3.46. The van der Waals surface area contributed by atoms with Gasteiger partial charge in [-0.3, -0.25) is 4.79 Å². The number of methoxy groups -OCH3 is 2. The third-order valence-corrected chi connectivity index (χ3v) is 3.46. The number of carboxylic acids is 1. The molecule has 1 aromatic rings. The van der Waals surface area contributed by atoms with Gasteiger partial charge in [-0.05, 0) is 26.2 Å². The highest BCUT2D eigenvalue weighted by Crippen LogP contribution is 2.48. The SMILES string of the molecule is COc1c(O)c(C)c(CCCCCC(=O)O)c(O)c1OC. The minimum Gasteiger partial charge on any atom is -0.504 e. The predicted octanol–water partition coefficient (Wildman–Crippen LogP) is 2.61. The van der Waals surface area contributed by atoms with Crippen molar-refractivity contribution in [3.63, 3.8) is 0 Å². The molecule has 6 heteroatoms. The number of hydrogen-bond acceptors (Lipinski definition) is 5. The fourth-order valence-electron chi connectivity index (χ4n) is 2.28. The molecule has 0 bridgehead atoms. The summed E-state index contributed by atoms with van der Waals surface area (Å²) >= 11 is 0. The van der Waals surface area contributed by atoms with E-state index in [-0.39, 0.29) is 29.4 Å². The molecule has 3 N–H and O–H groups in total. The second kappa shape index (κ2) is 7.61. The Bertz CT molecular complexity index is 510. The molecule has 0 aromatic heterocycles. The van der Waals surface area contributed by atoms with Crippen LogP contribution in [0, 0.1) is 6.92 Å². The number of hydrogen-bond donors (Lipinski definition) is 3. The molecule has 1 aromatic carbocycles. The van der Waals surface area contributed by atoms with Crippen molar-refractivity contribution in [2.75, 3.05) is 14.2 Å². The van der Waals surface area contributed by atoms with Gasteiger partial charge in [0.2, 0.25) is 11.5 Å². The highest BCUT2D eigenvalue weighted by molar-refractivity contribution is 5.66. The highest BCUT2D eigenvalue weighted by atomic mass is 16.5. The molecule has 0 saturated carbocycles. The lowest BCUT2D eigenvalue weighted by atomic mass is 9.98. The first-order valence-electron chi connectivity index (χ1n) is 6.81. The number of unbranched alkanes of at least 4 members (excludes halogenated alkanes) is 2. The summed E-state index contributed by atoms with van der Waals surface area (Å²) in [4.78, 5) is 10.4. The van der Waals surface area contributed by atoms with Gasteiger partial charge in [0.1, 0.15) is 0 Å². The van der Waals surface area contributed by atoms with Crippen molar-refractivity contribution in [3.8, 4) is 23.0 Å². The van der Waals surface area contributed by atoms with Crippen molar-refractivity contribution in [2.45, 2.75) is 39.0 Å². The maximum absolute atomic E-state index is 10.4. The number of phenolic OH excluding ortho intramolecular Hbond substituents is 2. The van der Waals surface area contributed by atoms with E-state index in [4.69, 9.17) is 14.6 Å². The second-order valence-electron chi connectivity index (χ2n) is 4.82. The molecule has 0 aliphatic carbocycles. The third kappa shape index (κ3) is 3.93.